The maximum absolute atomic E-state index is 13.0. The van der Waals surface area contributed by atoms with Crippen molar-refractivity contribution in [2.75, 3.05) is 37.6 Å². The highest BCUT2D eigenvalue weighted by Crippen LogP contribution is 2.20. The molecule has 1 aliphatic heterocycles. The van der Waals surface area contributed by atoms with Gasteiger partial charge in [0.2, 0.25) is 0 Å². The fraction of sp³-hybridized carbons (Fsp3) is 0.292. The lowest BCUT2D eigenvalue weighted by Crippen LogP contribution is -2.48. The number of nitrogens with one attached hydrogen (secondary N) is 2. The Morgan fingerprint density at radius 1 is 0.875 bits per heavy atom. The third-order valence-electron chi connectivity index (χ3n) is 6.24. The first-order chi connectivity index (χ1) is 15.6. The lowest BCUT2D eigenvalue weighted by molar-refractivity contribution is 0.246. The molecule has 5 rings (SSSR count). The van der Waals surface area contributed by atoms with Crippen LogP contribution in [0.5, 0.6) is 0 Å². The standard InChI is InChI=1S/C24H24N6O2/c25-10-9-17-5-7-18(8-6-17)29-14-11-28(12-15-29)13-16-30-23(31)22-21(27-24(30)32)19-3-1-2-4-20(19)26-22/h1-8,26H,9,11-16H2,(H,27,32). The number of nitriles is 1. The zero-order valence-electron chi connectivity index (χ0n) is 17.7. The van der Waals surface area contributed by atoms with Gasteiger partial charge in [0.1, 0.15) is 5.52 Å². The molecule has 1 saturated heterocycles. The van der Waals surface area contributed by atoms with Crippen molar-refractivity contribution in [3.63, 3.8) is 0 Å². The Morgan fingerprint density at radius 2 is 1.62 bits per heavy atom. The zero-order valence-corrected chi connectivity index (χ0v) is 17.7. The number of anilines is 1. The number of hydrogen-bond donors (Lipinski definition) is 2. The van der Waals surface area contributed by atoms with E-state index < -0.39 is 0 Å². The van der Waals surface area contributed by atoms with Crippen molar-refractivity contribution in [1.29, 1.82) is 5.26 Å². The van der Waals surface area contributed by atoms with E-state index in [0.717, 1.165) is 48.3 Å². The van der Waals surface area contributed by atoms with Gasteiger partial charge in [0.25, 0.3) is 5.56 Å². The summed E-state index contributed by atoms with van der Waals surface area (Å²) < 4.78 is 1.29. The van der Waals surface area contributed by atoms with E-state index in [2.05, 4.69) is 38.0 Å². The van der Waals surface area contributed by atoms with E-state index in [-0.39, 0.29) is 11.2 Å². The summed E-state index contributed by atoms with van der Waals surface area (Å²) in [5.41, 5.74) is 3.38. The van der Waals surface area contributed by atoms with Crippen molar-refractivity contribution < 1.29 is 0 Å². The van der Waals surface area contributed by atoms with E-state index in [0.29, 0.717) is 30.5 Å². The van der Waals surface area contributed by atoms with Crippen LogP contribution in [-0.4, -0.2) is 52.2 Å². The zero-order chi connectivity index (χ0) is 22.1. The second-order valence-electron chi connectivity index (χ2n) is 8.14. The van der Waals surface area contributed by atoms with Gasteiger partial charge in [0, 0.05) is 55.9 Å². The molecule has 3 heterocycles. The number of hydrogen-bond acceptors (Lipinski definition) is 5. The van der Waals surface area contributed by atoms with Gasteiger partial charge in [-0.25, -0.2) is 4.79 Å². The second-order valence-corrected chi connectivity index (χ2v) is 8.14. The molecular formula is C24H24N6O2. The van der Waals surface area contributed by atoms with Crippen LogP contribution in [-0.2, 0) is 13.0 Å². The van der Waals surface area contributed by atoms with Crippen LogP contribution in [0.15, 0.2) is 58.1 Å². The van der Waals surface area contributed by atoms with Gasteiger partial charge in [-0.3, -0.25) is 14.3 Å². The topological polar surface area (TPSA) is 101 Å². The van der Waals surface area contributed by atoms with Crippen LogP contribution < -0.4 is 16.1 Å². The van der Waals surface area contributed by atoms with E-state index in [1.807, 2.05) is 36.4 Å². The van der Waals surface area contributed by atoms with Crippen molar-refractivity contribution in [2.45, 2.75) is 13.0 Å². The highest BCUT2D eigenvalue weighted by Gasteiger charge is 2.18. The Morgan fingerprint density at radius 3 is 2.38 bits per heavy atom. The van der Waals surface area contributed by atoms with E-state index >= 15 is 0 Å². The van der Waals surface area contributed by atoms with Crippen LogP contribution >= 0.6 is 0 Å². The minimum Gasteiger partial charge on any atom is -0.369 e. The normalized spacial score (nSPS) is 14.8. The molecule has 0 amide bonds. The minimum absolute atomic E-state index is 0.281. The number of piperazine rings is 1. The minimum atomic E-state index is -0.372. The summed E-state index contributed by atoms with van der Waals surface area (Å²) in [7, 11) is 0. The predicted octanol–water partition coefficient (Wildman–Crippen LogP) is 2.06. The average molecular weight is 428 g/mol. The van der Waals surface area contributed by atoms with Crippen LogP contribution in [0.2, 0.25) is 0 Å². The molecule has 8 heteroatoms. The van der Waals surface area contributed by atoms with E-state index in [4.69, 9.17) is 5.26 Å². The number of H-pyrrole nitrogens is 2. The van der Waals surface area contributed by atoms with Gasteiger partial charge < -0.3 is 14.9 Å². The largest absolute Gasteiger partial charge is 0.369 e. The first-order valence-corrected chi connectivity index (χ1v) is 10.8. The van der Waals surface area contributed by atoms with Gasteiger partial charge in [-0.15, -0.1) is 0 Å². The Kier molecular flexibility index (Phi) is 5.25. The first-order valence-electron chi connectivity index (χ1n) is 10.8. The number of nitrogens with zero attached hydrogens (tertiary/aromatic N) is 4. The summed E-state index contributed by atoms with van der Waals surface area (Å²) in [5, 5.41) is 9.66. The van der Waals surface area contributed by atoms with Crippen LogP contribution in [0.4, 0.5) is 5.69 Å². The van der Waals surface area contributed by atoms with Crippen molar-refractivity contribution in [3.8, 4) is 6.07 Å². The molecular weight excluding hydrogens is 404 g/mol. The number of fused-ring (bicyclic) bond motifs is 3. The summed E-state index contributed by atoms with van der Waals surface area (Å²) >= 11 is 0. The predicted molar refractivity (Wildman–Crippen MR) is 125 cm³/mol. The quantitative estimate of drug-likeness (QED) is 0.507. The Bertz CT molecular complexity index is 1420. The Balaban J connectivity index is 1.26. The molecule has 162 valence electrons. The van der Waals surface area contributed by atoms with E-state index in [1.165, 1.54) is 4.57 Å². The van der Waals surface area contributed by atoms with Gasteiger partial charge in [-0.2, -0.15) is 5.26 Å². The summed E-state index contributed by atoms with van der Waals surface area (Å²) in [6.45, 7) is 4.47. The molecule has 0 bridgehead atoms. The molecule has 2 N–H and O–H groups in total. The van der Waals surface area contributed by atoms with Gasteiger partial charge >= 0.3 is 5.69 Å². The van der Waals surface area contributed by atoms with Gasteiger partial charge in [-0.05, 0) is 23.8 Å². The summed E-state index contributed by atoms with van der Waals surface area (Å²) in [6.07, 6.45) is 0.427. The van der Waals surface area contributed by atoms with E-state index in [9.17, 15) is 9.59 Å². The third kappa shape index (κ3) is 3.67. The fourth-order valence-corrected chi connectivity index (χ4v) is 4.42. The average Bonchev–Trinajstić information content (AvgIpc) is 3.19. The SMILES string of the molecule is N#CCc1ccc(N2CCN(CCn3c(=O)[nH]c4c([nH]c5ccccc54)c3=O)CC2)cc1. The lowest BCUT2D eigenvalue weighted by Gasteiger charge is -2.36. The fourth-order valence-electron chi connectivity index (χ4n) is 4.42. The molecule has 1 fully saturated rings. The monoisotopic (exact) mass is 428 g/mol. The molecule has 4 aromatic rings. The second kappa shape index (κ2) is 8.36. The highest BCUT2D eigenvalue weighted by molar-refractivity contribution is 6.04. The van der Waals surface area contributed by atoms with E-state index in [1.54, 1.807) is 0 Å². The lowest BCUT2D eigenvalue weighted by atomic mass is 10.1. The molecule has 32 heavy (non-hydrogen) atoms. The first kappa shape index (κ1) is 20.1. The smallest absolute Gasteiger partial charge is 0.328 e. The summed E-state index contributed by atoms with van der Waals surface area (Å²) in [4.78, 5) is 36.2. The molecule has 0 unspecified atom stereocenters. The summed E-state index contributed by atoms with van der Waals surface area (Å²) in [6, 6.07) is 17.9. The Labute approximate surface area is 184 Å². The number of para-hydroxylation sites is 1. The van der Waals surface area contributed by atoms with Gasteiger partial charge in [-0.1, -0.05) is 30.3 Å². The maximum atomic E-state index is 13.0. The number of rotatable bonds is 5. The molecule has 0 atom stereocenters. The van der Waals surface area contributed by atoms with Crippen molar-refractivity contribution in [2.24, 2.45) is 0 Å². The molecule has 2 aromatic heterocycles. The molecule has 0 saturated carbocycles. The molecule has 8 nitrogen and oxygen atoms in total. The number of aromatic nitrogens is 3. The molecule has 0 radical (unpaired) electrons. The molecule has 0 aliphatic carbocycles. The highest BCUT2D eigenvalue weighted by atomic mass is 16.2. The maximum Gasteiger partial charge on any atom is 0.328 e. The number of benzene rings is 2. The molecule has 0 spiro atoms. The van der Waals surface area contributed by atoms with Crippen LogP contribution in [0.25, 0.3) is 21.9 Å². The van der Waals surface area contributed by atoms with Gasteiger partial charge in [0.15, 0.2) is 0 Å². The number of aromatic amines is 2. The van der Waals surface area contributed by atoms with Crippen molar-refractivity contribution >= 4 is 27.6 Å². The van der Waals surface area contributed by atoms with Crippen LogP contribution in [0, 0.1) is 11.3 Å². The molecule has 2 aromatic carbocycles. The van der Waals surface area contributed by atoms with Crippen LogP contribution in [0.1, 0.15) is 5.56 Å². The molecule has 1 aliphatic rings. The third-order valence-corrected chi connectivity index (χ3v) is 6.24. The summed E-state index contributed by atoms with van der Waals surface area (Å²) in [5.74, 6) is 0. The Hall–Kier alpha value is -3.83. The van der Waals surface area contributed by atoms with Crippen molar-refractivity contribution in [3.05, 3.63) is 74.9 Å². The van der Waals surface area contributed by atoms with Gasteiger partial charge in [0.05, 0.1) is 18.0 Å². The van der Waals surface area contributed by atoms with Crippen LogP contribution in [0.3, 0.4) is 0 Å². The van der Waals surface area contributed by atoms with Crippen molar-refractivity contribution in [1.82, 2.24) is 19.4 Å².